The Hall–Kier alpha value is -1.42. The van der Waals surface area contributed by atoms with E-state index in [1.165, 1.54) is 0 Å². The van der Waals surface area contributed by atoms with Crippen molar-refractivity contribution in [2.24, 2.45) is 0 Å². The molecule has 0 spiro atoms. The van der Waals surface area contributed by atoms with Gasteiger partial charge in [0, 0.05) is 12.8 Å². The van der Waals surface area contributed by atoms with Crippen LogP contribution in [0.1, 0.15) is 18.3 Å². The van der Waals surface area contributed by atoms with Crippen molar-refractivity contribution in [3.63, 3.8) is 0 Å². The summed E-state index contributed by atoms with van der Waals surface area (Å²) in [6.07, 6.45) is 1.77. The monoisotopic (exact) mass is 191 g/mol. The number of imidazole rings is 1. The molecule has 0 aliphatic carbocycles. The van der Waals surface area contributed by atoms with E-state index in [4.69, 9.17) is 4.74 Å². The van der Waals surface area contributed by atoms with Crippen LogP contribution in [0.4, 0.5) is 0 Å². The van der Waals surface area contributed by atoms with Gasteiger partial charge in [-0.25, -0.2) is 9.97 Å². The van der Waals surface area contributed by atoms with Gasteiger partial charge in [-0.3, -0.25) is 0 Å². The van der Waals surface area contributed by atoms with E-state index in [-0.39, 0.29) is 0 Å². The minimum Gasteiger partial charge on any atom is -0.374 e. The van der Waals surface area contributed by atoms with Crippen molar-refractivity contribution < 1.29 is 4.74 Å². The molecule has 1 N–H and O–H groups in total. The SMILES string of the molecule is CCOCc1nc2nccc(C)c2[nH]1. The standard InChI is InChI=1S/C10H13N3O/c1-3-14-6-8-12-9-7(2)4-5-11-10(9)13-8/h4-5H,3,6H2,1-2H3,(H,11,12,13). The van der Waals surface area contributed by atoms with Crippen LogP contribution in [0.2, 0.25) is 0 Å². The lowest BCUT2D eigenvalue weighted by Gasteiger charge is -1.94. The van der Waals surface area contributed by atoms with Crippen molar-refractivity contribution >= 4 is 11.2 Å². The van der Waals surface area contributed by atoms with Crippen molar-refractivity contribution in [2.45, 2.75) is 20.5 Å². The summed E-state index contributed by atoms with van der Waals surface area (Å²) in [5.41, 5.74) is 2.92. The quantitative estimate of drug-likeness (QED) is 0.804. The van der Waals surface area contributed by atoms with E-state index < -0.39 is 0 Å². The first-order valence-corrected chi connectivity index (χ1v) is 4.69. The maximum atomic E-state index is 5.27. The van der Waals surface area contributed by atoms with Gasteiger partial charge in [0.25, 0.3) is 0 Å². The summed E-state index contributed by atoms with van der Waals surface area (Å²) >= 11 is 0. The van der Waals surface area contributed by atoms with Crippen LogP contribution in [0.3, 0.4) is 0 Å². The highest BCUT2D eigenvalue weighted by atomic mass is 16.5. The maximum absolute atomic E-state index is 5.27. The van der Waals surface area contributed by atoms with E-state index in [1.54, 1.807) is 6.20 Å². The Kier molecular flexibility index (Phi) is 2.45. The molecule has 0 amide bonds. The molecule has 0 fully saturated rings. The summed E-state index contributed by atoms with van der Waals surface area (Å²) in [7, 11) is 0. The third kappa shape index (κ3) is 1.61. The smallest absolute Gasteiger partial charge is 0.178 e. The highest BCUT2D eigenvalue weighted by Crippen LogP contribution is 2.13. The van der Waals surface area contributed by atoms with Gasteiger partial charge in [0.15, 0.2) is 5.65 Å². The third-order valence-corrected chi connectivity index (χ3v) is 2.09. The molecule has 74 valence electrons. The van der Waals surface area contributed by atoms with Gasteiger partial charge in [-0.1, -0.05) is 0 Å². The van der Waals surface area contributed by atoms with E-state index in [0.29, 0.717) is 13.2 Å². The molecule has 2 aromatic heterocycles. The van der Waals surface area contributed by atoms with Crippen LogP contribution in [0.15, 0.2) is 12.3 Å². The number of nitrogens with zero attached hydrogens (tertiary/aromatic N) is 2. The van der Waals surface area contributed by atoms with Crippen LogP contribution >= 0.6 is 0 Å². The number of rotatable bonds is 3. The maximum Gasteiger partial charge on any atom is 0.178 e. The highest BCUT2D eigenvalue weighted by molar-refractivity contribution is 5.74. The summed E-state index contributed by atoms with van der Waals surface area (Å²) in [5.74, 6) is 0.837. The van der Waals surface area contributed by atoms with Crippen LogP contribution in [0, 0.1) is 6.92 Å². The Morgan fingerprint density at radius 2 is 2.36 bits per heavy atom. The average molecular weight is 191 g/mol. The van der Waals surface area contributed by atoms with Gasteiger partial charge >= 0.3 is 0 Å². The molecule has 0 bridgehead atoms. The first kappa shape index (κ1) is 9.15. The first-order valence-electron chi connectivity index (χ1n) is 4.69. The second-order valence-corrected chi connectivity index (χ2v) is 3.15. The number of aryl methyl sites for hydroxylation is 1. The highest BCUT2D eigenvalue weighted by Gasteiger charge is 2.04. The normalized spacial score (nSPS) is 11.0. The van der Waals surface area contributed by atoms with Gasteiger partial charge in [0.1, 0.15) is 12.4 Å². The topological polar surface area (TPSA) is 50.8 Å². The van der Waals surface area contributed by atoms with Crippen LogP contribution in [0.5, 0.6) is 0 Å². The van der Waals surface area contributed by atoms with E-state index in [1.807, 2.05) is 19.9 Å². The zero-order valence-electron chi connectivity index (χ0n) is 8.37. The molecule has 4 nitrogen and oxygen atoms in total. The summed E-state index contributed by atoms with van der Waals surface area (Å²) < 4.78 is 5.27. The van der Waals surface area contributed by atoms with Gasteiger partial charge in [0.2, 0.25) is 0 Å². The molecular formula is C10H13N3O. The predicted octanol–water partition coefficient (Wildman–Crippen LogP) is 1.80. The number of aromatic nitrogens is 3. The lowest BCUT2D eigenvalue weighted by atomic mass is 10.3. The fourth-order valence-corrected chi connectivity index (χ4v) is 1.35. The Morgan fingerprint density at radius 1 is 1.50 bits per heavy atom. The number of nitrogens with one attached hydrogen (secondary N) is 1. The summed E-state index contributed by atoms with van der Waals surface area (Å²) in [5, 5.41) is 0. The second kappa shape index (κ2) is 3.75. The Bertz CT molecular complexity index is 436. The molecule has 2 heterocycles. The number of ether oxygens (including phenoxy) is 1. The van der Waals surface area contributed by atoms with Gasteiger partial charge in [-0.2, -0.15) is 0 Å². The Morgan fingerprint density at radius 3 is 3.07 bits per heavy atom. The van der Waals surface area contributed by atoms with Crippen molar-refractivity contribution in [3.05, 3.63) is 23.7 Å². The largest absolute Gasteiger partial charge is 0.374 e. The van der Waals surface area contributed by atoms with Gasteiger partial charge < -0.3 is 9.72 Å². The van der Waals surface area contributed by atoms with Crippen molar-refractivity contribution in [2.75, 3.05) is 6.61 Å². The minimum absolute atomic E-state index is 0.520. The van der Waals surface area contributed by atoms with E-state index in [9.17, 15) is 0 Å². The molecule has 0 aliphatic rings. The van der Waals surface area contributed by atoms with Gasteiger partial charge in [0.05, 0.1) is 5.52 Å². The Labute approximate surface area is 82.3 Å². The van der Waals surface area contributed by atoms with Crippen LogP contribution in [-0.2, 0) is 11.3 Å². The number of H-pyrrole nitrogens is 1. The predicted molar refractivity (Wildman–Crippen MR) is 54.0 cm³/mol. The molecule has 14 heavy (non-hydrogen) atoms. The molecule has 0 unspecified atom stereocenters. The summed E-state index contributed by atoms with van der Waals surface area (Å²) in [4.78, 5) is 11.7. The third-order valence-electron chi connectivity index (χ3n) is 2.09. The molecule has 4 heteroatoms. The number of pyridine rings is 1. The summed E-state index contributed by atoms with van der Waals surface area (Å²) in [6, 6.07) is 1.96. The van der Waals surface area contributed by atoms with Crippen LogP contribution < -0.4 is 0 Å². The molecule has 0 atom stereocenters. The zero-order chi connectivity index (χ0) is 9.97. The van der Waals surface area contributed by atoms with E-state index in [2.05, 4.69) is 15.0 Å². The number of hydrogen-bond acceptors (Lipinski definition) is 3. The number of hydrogen-bond donors (Lipinski definition) is 1. The van der Waals surface area contributed by atoms with Crippen LogP contribution in [-0.4, -0.2) is 21.6 Å². The molecule has 2 aromatic rings. The van der Waals surface area contributed by atoms with Gasteiger partial charge in [-0.05, 0) is 25.5 Å². The van der Waals surface area contributed by atoms with E-state index in [0.717, 1.165) is 22.6 Å². The molecule has 0 aliphatic heterocycles. The van der Waals surface area contributed by atoms with Crippen molar-refractivity contribution in [1.82, 2.24) is 15.0 Å². The van der Waals surface area contributed by atoms with Crippen LogP contribution in [0.25, 0.3) is 11.2 Å². The fraction of sp³-hybridized carbons (Fsp3) is 0.400. The van der Waals surface area contributed by atoms with Crippen molar-refractivity contribution in [3.8, 4) is 0 Å². The second-order valence-electron chi connectivity index (χ2n) is 3.15. The number of fused-ring (bicyclic) bond motifs is 1. The molecule has 0 saturated heterocycles. The first-order chi connectivity index (χ1) is 6.81. The zero-order valence-corrected chi connectivity index (χ0v) is 8.37. The lowest BCUT2D eigenvalue weighted by Crippen LogP contribution is -1.93. The Balaban J connectivity index is 2.36. The molecule has 0 aromatic carbocycles. The molecule has 2 rings (SSSR count). The molecule has 0 saturated carbocycles. The lowest BCUT2D eigenvalue weighted by molar-refractivity contribution is 0.129. The fourth-order valence-electron chi connectivity index (χ4n) is 1.35. The van der Waals surface area contributed by atoms with Gasteiger partial charge in [-0.15, -0.1) is 0 Å². The minimum atomic E-state index is 0.520. The number of aromatic amines is 1. The molecule has 0 radical (unpaired) electrons. The summed E-state index contributed by atoms with van der Waals surface area (Å²) in [6.45, 7) is 5.22. The average Bonchev–Trinajstić information content (AvgIpc) is 2.59. The van der Waals surface area contributed by atoms with Crippen molar-refractivity contribution in [1.29, 1.82) is 0 Å². The van der Waals surface area contributed by atoms with E-state index >= 15 is 0 Å². The molecular weight excluding hydrogens is 178 g/mol.